The fourth-order valence-corrected chi connectivity index (χ4v) is 2.61. The number of hydrogen-bond donors (Lipinski definition) is 1. The van der Waals surface area contributed by atoms with E-state index in [1.807, 2.05) is 13.8 Å². The van der Waals surface area contributed by atoms with Crippen molar-refractivity contribution in [2.45, 2.75) is 32.6 Å². The zero-order valence-electron chi connectivity index (χ0n) is 11.9. The molecule has 0 bridgehead atoms. The van der Waals surface area contributed by atoms with E-state index in [0.717, 1.165) is 6.29 Å². The average Bonchev–Trinajstić information content (AvgIpc) is 3.02. The number of imidazole rings is 1. The minimum Gasteiger partial charge on any atom is -0.476 e. The van der Waals surface area contributed by atoms with Gasteiger partial charge in [-0.1, -0.05) is 6.92 Å². The van der Waals surface area contributed by atoms with Gasteiger partial charge >= 0.3 is 0 Å². The number of aldehydes is 1. The van der Waals surface area contributed by atoms with E-state index in [1.54, 1.807) is 10.9 Å². The Hall–Kier alpha value is -2.22. The molecule has 1 fully saturated rings. The Morgan fingerprint density at radius 1 is 1.57 bits per heavy atom. The van der Waals surface area contributed by atoms with Crippen molar-refractivity contribution in [2.75, 3.05) is 12.3 Å². The topological polar surface area (TPSA) is 105 Å². The highest BCUT2D eigenvalue weighted by Gasteiger charge is 2.34. The first-order valence-electron chi connectivity index (χ1n) is 6.87. The SMILES string of the molecule is CCOc1nc(N)nc2c1ncn2[C@@H]1O[C@H](C=O)C[C@@H]1C. The lowest BCUT2D eigenvalue weighted by Gasteiger charge is -2.16. The van der Waals surface area contributed by atoms with Crippen molar-refractivity contribution >= 4 is 23.4 Å². The maximum atomic E-state index is 10.9. The highest BCUT2D eigenvalue weighted by molar-refractivity contribution is 5.77. The molecule has 2 aromatic heterocycles. The summed E-state index contributed by atoms with van der Waals surface area (Å²) < 4.78 is 13.0. The van der Waals surface area contributed by atoms with E-state index in [9.17, 15) is 4.79 Å². The van der Waals surface area contributed by atoms with Crippen molar-refractivity contribution in [3.63, 3.8) is 0 Å². The lowest BCUT2D eigenvalue weighted by molar-refractivity contribution is -0.119. The summed E-state index contributed by atoms with van der Waals surface area (Å²) in [5, 5.41) is 0. The summed E-state index contributed by atoms with van der Waals surface area (Å²) in [5.74, 6) is 0.644. The van der Waals surface area contributed by atoms with Crippen LogP contribution in [0.1, 0.15) is 26.5 Å². The van der Waals surface area contributed by atoms with Gasteiger partial charge in [0.1, 0.15) is 18.6 Å². The Morgan fingerprint density at radius 3 is 3.05 bits per heavy atom. The lowest BCUT2D eigenvalue weighted by Crippen LogP contribution is -2.15. The molecule has 2 aromatic rings. The first-order valence-corrected chi connectivity index (χ1v) is 6.87. The first kappa shape index (κ1) is 13.7. The molecule has 1 aliphatic rings. The van der Waals surface area contributed by atoms with Gasteiger partial charge in [0.2, 0.25) is 11.8 Å². The lowest BCUT2D eigenvalue weighted by atomic mass is 10.1. The molecule has 3 heterocycles. The summed E-state index contributed by atoms with van der Waals surface area (Å²) in [7, 11) is 0. The highest BCUT2D eigenvalue weighted by Crippen LogP contribution is 2.35. The molecular formula is C13H17N5O3. The Morgan fingerprint density at radius 2 is 2.38 bits per heavy atom. The number of rotatable bonds is 4. The molecule has 2 N–H and O–H groups in total. The molecule has 3 rings (SSSR count). The smallest absolute Gasteiger partial charge is 0.247 e. The van der Waals surface area contributed by atoms with E-state index in [-0.39, 0.29) is 18.1 Å². The zero-order chi connectivity index (χ0) is 15.0. The molecule has 0 unspecified atom stereocenters. The summed E-state index contributed by atoms with van der Waals surface area (Å²) in [6.07, 6.45) is 2.43. The number of nitrogens with zero attached hydrogens (tertiary/aromatic N) is 4. The quantitative estimate of drug-likeness (QED) is 0.835. The van der Waals surface area contributed by atoms with Gasteiger partial charge in [-0.25, -0.2) is 4.98 Å². The van der Waals surface area contributed by atoms with Gasteiger partial charge in [0.25, 0.3) is 0 Å². The molecular weight excluding hydrogens is 274 g/mol. The van der Waals surface area contributed by atoms with Crippen molar-refractivity contribution in [2.24, 2.45) is 5.92 Å². The van der Waals surface area contributed by atoms with Crippen LogP contribution in [0, 0.1) is 5.92 Å². The molecule has 0 aromatic carbocycles. The van der Waals surface area contributed by atoms with Gasteiger partial charge in [0.05, 0.1) is 12.9 Å². The summed E-state index contributed by atoms with van der Waals surface area (Å²) >= 11 is 0. The molecule has 8 heteroatoms. The van der Waals surface area contributed by atoms with Gasteiger partial charge in [0.15, 0.2) is 11.2 Å². The molecule has 1 saturated heterocycles. The van der Waals surface area contributed by atoms with E-state index in [2.05, 4.69) is 15.0 Å². The maximum Gasteiger partial charge on any atom is 0.247 e. The Bertz CT molecular complexity index is 671. The van der Waals surface area contributed by atoms with Crippen molar-refractivity contribution in [1.82, 2.24) is 19.5 Å². The Kier molecular flexibility index (Phi) is 3.46. The monoisotopic (exact) mass is 291 g/mol. The number of carbonyl (C=O) groups excluding carboxylic acids is 1. The second kappa shape index (κ2) is 5.28. The van der Waals surface area contributed by atoms with Gasteiger partial charge in [-0.2, -0.15) is 9.97 Å². The van der Waals surface area contributed by atoms with Crippen LogP contribution in [0.2, 0.25) is 0 Å². The summed E-state index contributed by atoms with van der Waals surface area (Å²) in [5.41, 5.74) is 6.82. The largest absolute Gasteiger partial charge is 0.476 e. The number of carbonyl (C=O) groups is 1. The molecule has 1 aliphatic heterocycles. The van der Waals surface area contributed by atoms with Gasteiger partial charge in [0, 0.05) is 5.92 Å². The fourth-order valence-electron chi connectivity index (χ4n) is 2.61. The number of nitrogens with two attached hydrogens (primary N) is 1. The van der Waals surface area contributed by atoms with E-state index < -0.39 is 6.10 Å². The van der Waals surface area contributed by atoms with Crippen LogP contribution in [0.5, 0.6) is 5.88 Å². The Labute approximate surface area is 121 Å². The summed E-state index contributed by atoms with van der Waals surface area (Å²) in [6, 6.07) is 0. The number of hydrogen-bond acceptors (Lipinski definition) is 7. The third-order valence-electron chi connectivity index (χ3n) is 3.52. The number of fused-ring (bicyclic) bond motifs is 1. The number of anilines is 1. The third kappa shape index (κ3) is 2.31. The normalized spacial score (nSPS) is 25.3. The molecule has 0 saturated carbocycles. The molecule has 0 aliphatic carbocycles. The van der Waals surface area contributed by atoms with Crippen LogP contribution in [-0.4, -0.2) is 38.5 Å². The van der Waals surface area contributed by atoms with Crippen LogP contribution in [0.4, 0.5) is 5.95 Å². The third-order valence-corrected chi connectivity index (χ3v) is 3.52. The second-order valence-electron chi connectivity index (χ2n) is 5.06. The van der Waals surface area contributed by atoms with Crippen molar-refractivity contribution in [3.8, 4) is 5.88 Å². The van der Waals surface area contributed by atoms with E-state index in [4.69, 9.17) is 15.2 Å². The van der Waals surface area contributed by atoms with Crippen LogP contribution in [-0.2, 0) is 9.53 Å². The minimum absolute atomic E-state index is 0.116. The van der Waals surface area contributed by atoms with Crippen LogP contribution in [0.15, 0.2) is 6.33 Å². The van der Waals surface area contributed by atoms with E-state index in [1.165, 1.54) is 0 Å². The Balaban J connectivity index is 2.06. The number of ether oxygens (including phenoxy) is 2. The van der Waals surface area contributed by atoms with Crippen molar-refractivity contribution in [1.29, 1.82) is 0 Å². The highest BCUT2D eigenvalue weighted by atomic mass is 16.5. The van der Waals surface area contributed by atoms with Crippen LogP contribution in [0.25, 0.3) is 11.2 Å². The fraction of sp³-hybridized carbons (Fsp3) is 0.538. The van der Waals surface area contributed by atoms with Gasteiger partial charge in [-0.05, 0) is 13.3 Å². The molecule has 0 spiro atoms. The standard InChI is InChI=1S/C13H17N5O3/c1-3-20-11-9-10(16-13(14)17-11)18(6-15-9)12-7(2)4-8(5-19)21-12/h5-8,12H,3-4H2,1-2H3,(H2,14,16,17)/t7-,8-,12+/m0/s1. The second-order valence-corrected chi connectivity index (χ2v) is 5.06. The molecule has 3 atom stereocenters. The molecule has 8 nitrogen and oxygen atoms in total. The van der Waals surface area contributed by atoms with Gasteiger partial charge in [-0.15, -0.1) is 0 Å². The number of nitrogen functional groups attached to an aromatic ring is 1. The van der Waals surface area contributed by atoms with Crippen LogP contribution >= 0.6 is 0 Å². The molecule has 21 heavy (non-hydrogen) atoms. The van der Waals surface area contributed by atoms with Gasteiger partial charge in [-0.3, -0.25) is 4.57 Å². The molecule has 112 valence electrons. The minimum atomic E-state index is -0.395. The summed E-state index contributed by atoms with van der Waals surface area (Å²) in [4.78, 5) is 23.5. The van der Waals surface area contributed by atoms with Crippen LogP contribution < -0.4 is 10.5 Å². The predicted molar refractivity (Wildman–Crippen MR) is 74.7 cm³/mol. The molecule has 0 radical (unpaired) electrons. The summed E-state index contributed by atoms with van der Waals surface area (Å²) in [6.45, 7) is 4.34. The first-order chi connectivity index (χ1) is 10.1. The van der Waals surface area contributed by atoms with Crippen LogP contribution in [0.3, 0.4) is 0 Å². The van der Waals surface area contributed by atoms with E-state index >= 15 is 0 Å². The molecule has 0 amide bonds. The average molecular weight is 291 g/mol. The predicted octanol–water partition coefficient (Wildman–Crippen LogP) is 0.930. The number of aromatic nitrogens is 4. The van der Waals surface area contributed by atoms with Crippen molar-refractivity contribution in [3.05, 3.63) is 6.33 Å². The van der Waals surface area contributed by atoms with E-state index in [0.29, 0.717) is 30.1 Å². The maximum absolute atomic E-state index is 10.9. The van der Waals surface area contributed by atoms with Gasteiger partial charge < -0.3 is 20.0 Å². The zero-order valence-corrected chi connectivity index (χ0v) is 11.9. The van der Waals surface area contributed by atoms with Crippen molar-refractivity contribution < 1.29 is 14.3 Å².